The van der Waals surface area contributed by atoms with Crippen LogP contribution in [0.4, 0.5) is 11.8 Å². The summed E-state index contributed by atoms with van der Waals surface area (Å²) in [7, 11) is 1.68. The van der Waals surface area contributed by atoms with E-state index < -0.39 is 0 Å². The summed E-state index contributed by atoms with van der Waals surface area (Å²) in [5.41, 5.74) is 1.06. The number of nitrogens with one attached hydrogen (secondary N) is 2. The van der Waals surface area contributed by atoms with Crippen LogP contribution >= 0.6 is 0 Å². The van der Waals surface area contributed by atoms with Gasteiger partial charge in [0.25, 0.3) is 0 Å². The van der Waals surface area contributed by atoms with Crippen LogP contribution in [0.15, 0.2) is 6.20 Å². The number of hydrogen-bond acceptors (Lipinski definition) is 6. The standard InChI is InChI=1S/C14H26N4O2/c1-4-15-14-17-11-12(2)13(18-14)16-7-5-6-8-20-10-9-19-3/h11H,4-10H2,1-3H3,(H2,15,16,17,18). The Hall–Kier alpha value is -1.40. The molecule has 0 atom stereocenters. The Morgan fingerprint density at radius 2 is 2.00 bits per heavy atom. The van der Waals surface area contributed by atoms with Crippen LogP contribution in [0.25, 0.3) is 0 Å². The highest BCUT2D eigenvalue weighted by Gasteiger charge is 2.02. The van der Waals surface area contributed by atoms with Gasteiger partial charge in [-0.05, 0) is 26.7 Å². The Morgan fingerprint density at radius 1 is 1.15 bits per heavy atom. The summed E-state index contributed by atoms with van der Waals surface area (Å²) < 4.78 is 10.3. The minimum Gasteiger partial charge on any atom is -0.382 e. The number of ether oxygens (including phenoxy) is 2. The van der Waals surface area contributed by atoms with Crippen molar-refractivity contribution in [3.8, 4) is 0 Å². The Bertz CT molecular complexity index is 374. The Labute approximate surface area is 121 Å². The van der Waals surface area contributed by atoms with Gasteiger partial charge in [-0.25, -0.2) is 4.98 Å². The molecule has 0 unspecified atom stereocenters. The Kier molecular flexibility index (Phi) is 8.66. The molecule has 0 spiro atoms. The molecule has 2 N–H and O–H groups in total. The quantitative estimate of drug-likeness (QED) is 0.606. The predicted molar refractivity (Wildman–Crippen MR) is 81.4 cm³/mol. The van der Waals surface area contributed by atoms with E-state index in [-0.39, 0.29) is 0 Å². The van der Waals surface area contributed by atoms with E-state index in [1.54, 1.807) is 7.11 Å². The minimum absolute atomic E-state index is 0.658. The third-order valence-electron chi connectivity index (χ3n) is 2.75. The largest absolute Gasteiger partial charge is 0.382 e. The maximum Gasteiger partial charge on any atom is 0.224 e. The van der Waals surface area contributed by atoms with Crippen molar-refractivity contribution < 1.29 is 9.47 Å². The van der Waals surface area contributed by atoms with E-state index in [0.717, 1.165) is 43.9 Å². The molecule has 0 saturated heterocycles. The number of aryl methyl sites for hydroxylation is 1. The number of nitrogens with zero attached hydrogens (tertiary/aromatic N) is 2. The number of hydrogen-bond donors (Lipinski definition) is 2. The molecular formula is C14H26N4O2. The number of unbranched alkanes of at least 4 members (excludes halogenated alkanes) is 1. The Balaban J connectivity index is 2.19. The van der Waals surface area contributed by atoms with Crippen molar-refractivity contribution in [3.63, 3.8) is 0 Å². The summed E-state index contributed by atoms with van der Waals surface area (Å²) in [4.78, 5) is 8.66. The van der Waals surface area contributed by atoms with Gasteiger partial charge in [-0.2, -0.15) is 4.98 Å². The summed E-state index contributed by atoms with van der Waals surface area (Å²) in [6.45, 7) is 7.84. The molecule has 6 nitrogen and oxygen atoms in total. The van der Waals surface area contributed by atoms with Gasteiger partial charge in [-0.15, -0.1) is 0 Å². The van der Waals surface area contributed by atoms with E-state index in [9.17, 15) is 0 Å². The average Bonchev–Trinajstić information content (AvgIpc) is 2.45. The molecule has 1 rings (SSSR count). The van der Waals surface area contributed by atoms with Crippen LogP contribution in [0, 0.1) is 6.92 Å². The van der Waals surface area contributed by atoms with Crippen molar-refractivity contribution >= 4 is 11.8 Å². The van der Waals surface area contributed by atoms with E-state index >= 15 is 0 Å². The molecule has 0 amide bonds. The highest BCUT2D eigenvalue weighted by atomic mass is 16.5. The van der Waals surface area contributed by atoms with Crippen molar-refractivity contribution in [1.29, 1.82) is 0 Å². The SMILES string of the molecule is CCNc1ncc(C)c(NCCCCOCCOC)n1. The van der Waals surface area contributed by atoms with Crippen molar-refractivity contribution in [2.75, 3.05) is 50.7 Å². The smallest absolute Gasteiger partial charge is 0.224 e. The first-order valence-corrected chi connectivity index (χ1v) is 7.16. The first-order chi connectivity index (χ1) is 9.77. The molecule has 0 saturated carbocycles. The molecule has 6 heteroatoms. The van der Waals surface area contributed by atoms with Gasteiger partial charge < -0.3 is 20.1 Å². The average molecular weight is 282 g/mol. The molecule has 1 heterocycles. The van der Waals surface area contributed by atoms with Crippen LogP contribution in [-0.4, -0.2) is 50.0 Å². The first-order valence-electron chi connectivity index (χ1n) is 7.16. The van der Waals surface area contributed by atoms with Crippen LogP contribution in [0.3, 0.4) is 0 Å². The fourth-order valence-electron chi connectivity index (χ4n) is 1.64. The van der Waals surface area contributed by atoms with E-state index in [1.807, 2.05) is 20.0 Å². The molecule has 0 aliphatic rings. The van der Waals surface area contributed by atoms with Gasteiger partial charge in [0.1, 0.15) is 5.82 Å². The fraction of sp³-hybridized carbons (Fsp3) is 0.714. The van der Waals surface area contributed by atoms with Crippen LogP contribution in [0.2, 0.25) is 0 Å². The second-order valence-corrected chi connectivity index (χ2v) is 4.49. The maximum atomic E-state index is 5.41. The molecule has 0 aliphatic heterocycles. The van der Waals surface area contributed by atoms with Crippen LogP contribution in [0.1, 0.15) is 25.3 Å². The number of methoxy groups -OCH3 is 1. The molecule has 0 aromatic carbocycles. The third-order valence-corrected chi connectivity index (χ3v) is 2.75. The lowest BCUT2D eigenvalue weighted by molar-refractivity contribution is 0.0691. The highest BCUT2D eigenvalue weighted by Crippen LogP contribution is 2.12. The molecular weight excluding hydrogens is 256 g/mol. The van der Waals surface area contributed by atoms with Crippen molar-refractivity contribution in [2.24, 2.45) is 0 Å². The zero-order valence-corrected chi connectivity index (χ0v) is 12.7. The van der Waals surface area contributed by atoms with Crippen molar-refractivity contribution in [3.05, 3.63) is 11.8 Å². The molecule has 20 heavy (non-hydrogen) atoms. The van der Waals surface area contributed by atoms with Gasteiger partial charge in [0.05, 0.1) is 13.2 Å². The van der Waals surface area contributed by atoms with Crippen LogP contribution in [-0.2, 0) is 9.47 Å². The molecule has 1 aromatic rings. The second kappa shape index (κ2) is 10.4. The number of anilines is 2. The number of rotatable bonds is 11. The van der Waals surface area contributed by atoms with Gasteiger partial charge in [-0.3, -0.25) is 0 Å². The zero-order chi connectivity index (χ0) is 14.6. The summed E-state index contributed by atoms with van der Waals surface area (Å²) in [6.07, 6.45) is 3.91. The fourth-order valence-corrected chi connectivity index (χ4v) is 1.64. The lowest BCUT2D eigenvalue weighted by Crippen LogP contribution is -2.10. The van der Waals surface area contributed by atoms with Crippen molar-refractivity contribution in [2.45, 2.75) is 26.7 Å². The molecule has 1 aromatic heterocycles. The lowest BCUT2D eigenvalue weighted by atomic mass is 10.3. The van der Waals surface area contributed by atoms with Crippen LogP contribution in [0.5, 0.6) is 0 Å². The van der Waals surface area contributed by atoms with Gasteiger partial charge in [0, 0.05) is 38.6 Å². The second-order valence-electron chi connectivity index (χ2n) is 4.49. The highest BCUT2D eigenvalue weighted by molar-refractivity contribution is 5.46. The molecule has 0 radical (unpaired) electrons. The van der Waals surface area contributed by atoms with E-state index in [4.69, 9.17) is 9.47 Å². The molecule has 0 fully saturated rings. The monoisotopic (exact) mass is 282 g/mol. The summed E-state index contributed by atoms with van der Waals surface area (Å²) >= 11 is 0. The minimum atomic E-state index is 0.658. The molecule has 0 bridgehead atoms. The van der Waals surface area contributed by atoms with E-state index in [2.05, 4.69) is 20.6 Å². The maximum absolute atomic E-state index is 5.41. The van der Waals surface area contributed by atoms with Gasteiger partial charge >= 0.3 is 0 Å². The topological polar surface area (TPSA) is 68.3 Å². The van der Waals surface area contributed by atoms with Gasteiger partial charge in [0.2, 0.25) is 5.95 Å². The van der Waals surface area contributed by atoms with Gasteiger partial charge in [0.15, 0.2) is 0 Å². The van der Waals surface area contributed by atoms with Gasteiger partial charge in [-0.1, -0.05) is 0 Å². The van der Waals surface area contributed by atoms with Crippen LogP contribution < -0.4 is 10.6 Å². The normalized spacial score (nSPS) is 10.6. The first kappa shape index (κ1) is 16.7. The molecule has 114 valence electrons. The zero-order valence-electron chi connectivity index (χ0n) is 12.7. The summed E-state index contributed by atoms with van der Waals surface area (Å²) in [6, 6.07) is 0. The van der Waals surface area contributed by atoms with Crippen molar-refractivity contribution in [1.82, 2.24) is 9.97 Å². The Morgan fingerprint density at radius 3 is 2.75 bits per heavy atom. The third kappa shape index (κ3) is 6.68. The predicted octanol–water partition coefficient (Wildman–Crippen LogP) is 2.07. The summed E-state index contributed by atoms with van der Waals surface area (Å²) in [5, 5.41) is 6.45. The van der Waals surface area contributed by atoms with E-state index in [0.29, 0.717) is 19.2 Å². The summed E-state index contributed by atoms with van der Waals surface area (Å²) in [5.74, 6) is 1.57. The van der Waals surface area contributed by atoms with E-state index in [1.165, 1.54) is 0 Å². The molecule has 0 aliphatic carbocycles. The number of aromatic nitrogens is 2. The lowest BCUT2D eigenvalue weighted by Gasteiger charge is -2.10.